The van der Waals surface area contributed by atoms with Crippen molar-refractivity contribution in [2.45, 2.75) is 6.18 Å². The van der Waals surface area contributed by atoms with Crippen LogP contribution in [0.15, 0.2) is 46.4 Å². The lowest BCUT2D eigenvalue weighted by atomic mass is 10.1. The molecule has 0 amide bonds. The van der Waals surface area contributed by atoms with Gasteiger partial charge in [-0.15, -0.1) is 0 Å². The van der Waals surface area contributed by atoms with E-state index in [9.17, 15) is 32.9 Å². The molecule has 0 heterocycles. The van der Waals surface area contributed by atoms with Crippen molar-refractivity contribution in [1.82, 2.24) is 0 Å². The fourth-order valence-corrected chi connectivity index (χ4v) is 2.80. The predicted molar refractivity (Wildman–Crippen MR) is 104 cm³/mol. The number of esters is 2. The molecule has 0 atom stereocenters. The molecule has 0 radical (unpaired) electrons. The van der Waals surface area contributed by atoms with Gasteiger partial charge in [0.1, 0.15) is 11.3 Å². The Kier molecular flexibility index (Phi) is 7.39. The molecule has 2 aromatic carbocycles. The zero-order chi connectivity index (χ0) is 23.3. The number of hydrogen-bond acceptors (Lipinski definition) is 7. The molecule has 0 aliphatic heterocycles. The summed E-state index contributed by atoms with van der Waals surface area (Å²) in [6.45, 7) is 0. The van der Waals surface area contributed by atoms with Gasteiger partial charge in [0.05, 0.1) is 29.2 Å². The van der Waals surface area contributed by atoms with Crippen molar-refractivity contribution < 1.29 is 41.9 Å². The minimum atomic E-state index is -4.76. The van der Waals surface area contributed by atoms with Gasteiger partial charge >= 0.3 is 23.8 Å². The molecule has 164 valence electrons. The van der Waals surface area contributed by atoms with Crippen molar-refractivity contribution in [3.63, 3.8) is 0 Å². The molecule has 0 saturated heterocycles. The highest BCUT2D eigenvalue weighted by molar-refractivity contribution is 9.10. The standard InChI is InChI=1S/C19H13BrF3NO7/c1-29-17(25)12(18(26)30-2)7-10-3-5-15(13(20)8-10)31-16-6-4-11(19(21,22)23)9-14(16)24(27)28/h3-9H,1-2H3. The van der Waals surface area contributed by atoms with Crippen LogP contribution in [0.3, 0.4) is 0 Å². The largest absolute Gasteiger partial charge is 0.465 e. The Morgan fingerprint density at radius 3 is 2.10 bits per heavy atom. The van der Waals surface area contributed by atoms with Gasteiger partial charge in [-0.1, -0.05) is 6.07 Å². The van der Waals surface area contributed by atoms with Gasteiger partial charge in [-0.3, -0.25) is 10.1 Å². The van der Waals surface area contributed by atoms with Crippen molar-refractivity contribution in [3.8, 4) is 11.5 Å². The third-order valence-corrected chi connectivity index (χ3v) is 4.40. The molecule has 0 N–H and O–H groups in total. The van der Waals surface area contributed by atoms with Crippen molar-refractivity contribution in [1.29, 1.82) is 0 Å². The number of nitro benzene ring substituents is 1. The molecule has 8 nitrogen and oxygen atoms in total. The average Bonchev–Trinajstić information content (AvgIpc) is 2.71. The number of alkyl halides is 3. The summed E-state index contributed by atoms with van der Waals surface area (Å²) in [7, 11) is 2.17. The number of carbonyl (C=O) groups is 2. The minimum absolute atomic E-state index is 0.0395. The molecule has 0 bridgehead atoms. The summed E-state index contributed by atoms with van der Waals surface area (Å²) in [6, 6.07) is 6.03. The second kappa shape index (κ2) is 9.60. The molecule has 0 aromatic heterocycles. The zero-order valence-corrected chi connectivity index (χ0v) is 17.4. The maximum Gasteiger partial charge on any atom is 0.416 e. The van der Waals surface area contributed by atoms with E-state index in [0.29, 0.717) is 17.7 Å². The Morgan fingerprint density at radius 1 is 1.03 bits per heavy atom. The van der Waals surface area contributed by atoms with Gasteiger partial charge < -0.3 is 14.2 Å². The Balaban J connectivity index is 2.41. The number of nitrogens with zero attached hydrogens (tertiary/aromatic N) is 1. The summed E-state index contributed by atoms with van der Waals surface area (Å²) < 4.78 is 53.2. The van der Waals surface area contributed by atoms with Crippen LogP contribution in [0.2, 0.25) is 0 Å². The molecule has 0 spiro atoms. The highest BCUT2D eigenvalue weighted by Gasteiger charge is 2.33. The number of hydrogen-bond donors (Lipinski definition) is 0. The van der Waals surface area contributed by atoms with E-state index in [1.54, 1.807) is 0 Å². The van der Waals surface area contributed by atoms with Crippen molar-refractivity contribution in [3.05, 3.63) is 67.7 Å². The zero-order valence-electron chi connectivity index (χ0n) is 15.9. The quantitative estimate of drug-likeness (QED) is 0.138. The average molecular weight is 504 g/mol. The van der Waals surface area contributed by atoms with Crippen LogP contribution in [0, 0.1) is 10.1 Å². The Morgan fingerprint density at radius 2 is 1.61 bits per heavy atom. The summed E-state index contributed by atoms with van der Waals surface area (Å²) >= 11 is 3.17. The van der Waals surface area contributed by atoms with E-state index in [0.717, 1.165) is 20.3 Å². The first-order chi connectivity index (χ1) is 14.5. The first-order valence-corrected chi connectivity index (χ1v) is 8.98. The van der Waals surface area contributed by atoms with Crippen LogP contribution >= 0.6 is 15.9 Å². The van der Waals surface area contributed by atoms with Gasteiger partial charge in [0.2, 0.25) is 5.75 Å². The third kappa shape index (κ3) is 5.81. The number of carbonyl (C=O) groups excluding carboxylic acids is 2. The van der Waals surface area contributed by atoms with Gasteiger partial charge in [-0.25, -0.2) is 9.59 Å². The van der Waals surface area contributed by atoms with Gasteiger partial charge in [-0.2, -0.15) is 13.2 Å². The molecule has 0 fully saturated rings. The van der Waals surface area contributed by atoms with Crippen LogP contribution in [0.1, 0.15) is 11.1 Å². The second-order valence-electron chi connectivity index (χ2n) is 5.77. The predicted octanol–water partition coefficient (Wildman–Crippen LogP) is 4.90. The van der Waals surface area contributed by atoms with Gasteiger partial charge in [0, 0.05) is 6.07 Å². The SMILES string of the molecule is COC(=O)C(=Cc1ccc(Oc2ccc(C(F)(F)F)cc2[N+](=O)[O-])c(Br)c1)C(=O)OC. The molecule has 31 heavy (non-hydrogen) atoms. The van der Waals surface area contributed by atoms with E-state index >= 15 is 0 Å². The van der Waals surface area contributed by atoms with Crippen molar-refractivity contribution in [2.75, 3.05) is 14.2 Å². The smallest absolute Gasteiger partial charge is 0.416 e. The number of benzene rings is 2. The van der Waals surface area contributed by atoms with E-state index < -0.39 is 40.0 Å². The molecule has 0 aliphatic carbocycles. The van der Waals surface area contributed by atoms with Crippen LogP contribution in [-0.2, 0) is 25.2 Å². The highest BCUT2D eigenvalue weighted by atomic mass is 79.9. The normalized spacial score (nSPS) is 10.8. The van der Waals surface area contributed by atoms with E-state index in [-0.39, 0.29) is 15.8 Å². The molecular formula is C19H13BrF3NO7. The molecule has 2 rings (SSSR count). The van der Waals surface area contributed by atoms with E-state index in [1.165, 1.54) is 24.3 Å². The fraction of sp³-hybridized carbons (Fsp3) is 0.158. The highest BCUT2D eigenvalue weighted by Crippen LogP contribution is 2.39. The maximum absolute atomic E-state index is 12.8. The molecule has 0 unspecified atom stereocenters. The van der Waals surface area contributed by atoms with Crippen LogP contribution in [0.25, 0.3) is 6.08 Å². The number of nitro groups is 1. The van der Waals surface area contributed by atoms with Crippen molar-refractivity contribution >= 4 is 39.6 Å². The van der Waals surface area contributed by atoms with Crippen LogP contribution < -0.4 is 4.74 Å². The van der Waals surface area contributed by atoms with E-state index in [2.05, 4.69) is 25.4 Å². The number of ether oxygens (including phenoxy) is 3. The lowest BCUT2D eigenvalue weighted by Crippen LogP contribution is -2.15. The first kappa shape index (κ1) is 23.9. The molecular weight excluding hydrogens is 491 g/mol. The third-order valence-electron chi connectivity index (χ3n) is 3.78. The number of halogens is 4. The fourth-order valence-electron chi connectivity index (χ4n) is 2.32. The van der Waals surface area contributed by atoms with Crippen LogP contribution in [0.5, 0.6) is 11.5 Å². The van der Waals surface area contributed by atoms with Gasteiger partial charge in [0.25, 0.3) is 0 Å². The minimum Gasteiger partial charge on any atom is -0.465 e. The lowest BCUT2D eigenvalue weighted by Gasteiger charge is -2.11. The number of rotatable bonds is 6. The molecule has 0 aliphatic rings. The Bertz CT molecular complexity index is 1050. The summed E-state index contributed by atoms with van der Waals surface area (Å²) in [6.07, 6.45) is -3.57. The molecule has 0 saturated carbocycles. The maximum atomic E-state index is 12.8. The van der Waals surface area contributed by atoms with E-state index in [4.69, 9.17) is 4.74 Å². The van der Waals surface area contributed by atoms with E-state index in [1.807, 2.05) is 0 Å². The van der Waals surface area contributed by atoms with Gasteiger partial charge in [0.15, 0.2) is 0 Å². The lowest BCUT2D eigenvalue weighted by molar-refractivity contribution is -0.385. The van der Waals surface area contributed by atoms with Crippen LogP contribution in [-0.4, -0.2) is 31.1 Å². The topological polar surface area (TPSA) is 105 Å². The summed E-state index contributed by atoms with van der Waals surface area (Å²) in [5.74, 6) is -2.23. The molecule has 12 heteroatoms. The summed E-state index contributed by atoms with van der Waals surface area (Å²) in [5, 5.41) is 11.2. The van der Waals surface area contributed by atoms with Crippen LogP contribution in [0.4, 0.5) is 18.9 Å². The summed E-state index contributed by atoms with van der Waals surface area (Å²) in [5.41, 5.74) is -2.11. The second-order valence-corrected chi connectivity index (χ2v) is 6.62. The first-order valence-electron chi connectivity index (χ1n) is 8.19. The monoisotopic (exact) mass is 503 g/mol. The summed E-state index contributed by atoms with van der Waals surface area (Å²) in [4.78, 5) is 33.7. The molecule has 2 aromatic rings. The number of methoxy groups -OCH3 is 2. The Hall–Kier alpha value is -3.41. The van der Waals surface area contributed by atoms with Gasteiger partial charge in [-0.05, 0) is 51.8 Å². The Labute approximate surface area is 181 Å². The van der Waals surface area contributed by atoms with Crippen molar-refractivity contribution in [2.24, 2.45) is 0 Å².